The first kappa shape index (κ1) is 19.0. The molecule has 136 valence electrons. The van der Waals surface area contributed by atoms with Gasteiger partial charge in [0.2, 0.25) is 5.91 Å². The number of amides is 2. The quantitative estimate of drug-likeness (QED) is 0.775. The fraction of sp³-hybridized carbons (Fsp3) is 0.526. The van der Waals surface area contributed by atoms with Gasteiger partial charge in [0.25, 0.3) is 5.91 Å². The van der Waals surface area contributed by atoms with E-state index in [4.69, 9.17) is 4.74 Å². The molecule has 1 saturated carbocycles. The van der Waals surface area contributed by atoms with Crippen LogP contribution in [0.5, 0.6) is 0 Å². The molecule has 0 aliphatic heterocycles. The molecule has 0 aromatic heterocycles. The van der Waals surface area contributed by atoms with Crippen LogP contribution in [0.1, 0.15) is 51.5 Å². The lowest BCUT2D eigenvalue weighted by Crippen LogP contribution is -2.42. The van der Waals surface area contributed by atoms with E-state index in [9.17, 15) is 14.4 Å². The third kappa shape index (κ3) is 6.57. The molecule has 1 atom stereocenters. The minimum atomic E-state index is -0.798. The Morgan fingerprint density at radius 1 is 1.12 bits per heavy atom. The zero-order chi connectivity index (χ0) is 18.2. The van der Waals surface area contributed by atoms with Crippen LogP contribution in [0.25, 0.3) is 0 Å². The molecule has 0 saturated heterocycles. The maximum Gasteiger partial charge on any atom is 0.311 e. The van der Waals surface area contributed by atoms with Gasteiger partial charge in [-0.25, -0.2) is 0 Å². The first-order chi connectivity index (χ1) is 11.9. The van der Waals surface area contributed by atoms with Crippen LogP contribution >= 0.6 is 0 Å². The van der Waals surface area contributed by atoms with Gasteiger partial charge < -0.3 is 15.4 Å². The zero-order valence-electron chi connectivity index (χ0n) is 14.8. The molecular formula is C19H26N2O4. The first-order valence-electron chi connectivity index (χ1n) is 8.80. The lowest BCUT2D eigenvalue weighted by molar-refractivity contribution is -0.154. The molecular weight excluding hydrogens is 320 g/mol. The predicted molar refractivity (Wildman–Crippen MR) is 95.0 cm³/mol. The largest absolute Gasteiger partial charge is 0.452 e. The normalized spacial score (nSPS) is 15.9. The van der Waals surface area contributed by atoms with Crippen LogP contribution in [-0.4, -0.2) is 29.9 Å². The van der Waals surface area contributed by atoms with Gasteiger partial charge in [-0.3, -0.25) is 14.4 Å². The molecule has 2 amide bonds. The summed E-state index contributed by atoms with van der Waals surface area (Å²) < 4.78 is 5.23. The Kier molecular flexibility index (Phi) is 6.98. The molecule has 0 bridgehead atoms. The molecule has 1 aliphatic carbocycles. The predicted octanol–water partition coefficient (Wildman–Crippen LogP) is 2.57. The van der Waals surface area contributed by atoms with Crippen LogP contribution in [0.3, 0.4) is 0 Å². The number of hydrogen-bond donors (Lipinski definition) is 2. The van der Waals surface area contributed by atoms with E-state index in [1.165, 1.54) is 13.3 Å². The monoisotopic (exact) mass is 346 g/mol. The first-order valence-corrected chi connectivity index (χ1v) is 8.80. The number of rotatable bonds is 6. The standard InChI is InChI=1S/C19H26N2O4/c1-13(19(24)21-16-6-4-3-5-7-16)25-18(23)12-15-8-10-17(11-9-15)20-14(2)22/h8-11,13,16H,3-7,12H2,1-2H3,(H,20,22)(H,21,24)/t13-/m1/s1. The van der Waals surface area contributed by atoms with Gasteiger partial charge in [0.05, 0.1) is 6.42 Å². The molecule has 1 aromatic rings. The number of benzene rings is 1. The molecule has 0 spiro atoms. The highest BCUT2D eigenvalue weighted by Gasteiger charge is 2.22. The molecule has 1 aromatic carbocycles. The van der Waals surface area contributed by atoms with Crippen molar-refractivity contribution in [2.45, 2.75) is 64.5 Å². The van der Waals surface area contributed by atoms with Gasteiger partial charge in [0, 0.05) is 18.7 Å². The van der Waals surface area contributed by atoms with Crippen molar-refractivity contribution in [1.29, 1.82) is 0 Å². The average molecular weight is 346 g/mol. The van der Waals surface area contributed by atoms with E-state index < -0.39 is 12.1 Å². The molecule has 6 nitrogen and oxygen atoms in total. The number of nitrogens with one attached hydrogen (secondary N) is 2. The zero-order valence-corrected chi connectivity index (χ0v) is 14.8. The van der Waals surface area contributed by atoms with Crippen molar-refractivity contribution in [2.24, 2.45) is 0 Å². The minimum Gasteiger partial charge on any atom is -0.452 e. The van der Waals surface area contributed by atoms with Crippen LogP contribution in [0.2, 0.25) is 0 Å². The van der Waals surface area contributed by atoms with Crippen LogP contribution in [0, 0.1) is 0 Å². The van der Waals surface area contributed by atoms with Gasteiger partial charge in [0.1, 0.15) is 0 Å². The second kappa shape index (κ2) is 9.20. The Labute approximate surface area is 148 Å². The van der Waals surface area contributed by atoms with E-state index in [-0.39, 0.29) is 24.3 Å². The maximum absolute atomic E-state index is 12.1. The lowest BCUT2D eigenvalue weighted by atomic mass is 9.95. The number of anilines is 1. The number of carbonyl (C=O) groups is 3. The van der Waals surface area contributed by atoms with E-state index in [0.29, 0.717) is 5.69 Å². The maximum atomic E-state index is 12.1. The number of esters is 1. The number of carbonyl (C=O) groups excluding carboxylic acids is 3. The molecule has 0 unspecified atom stereocenters. The van der Waals surface area contributed by atoms with E-state index in [0.717, 1.165) is 31.2 Å². The van der Waals surface area contributed by atoms with Gasteiger partial charge >= 0.3 is 5.97 Å². The van der Waals surface area contributed by atoms with Crippen molar-refractivity contribution in [1.82, 2.24) is 5.32 Å². The van der Waals surface area contributed by atoms with Crippen molar-refractivity contribution in [3.8, 4) is 0 Å². The van der Waals surface area contributed by atoms with Crippen molar-refractivity contribution >= 4 is 23.5 Å². The van der Waals surface area contributed by atoms with E-state index >= 15 is 0 Å². The number of ether oxygens (including phenoxy) is 1. The van der Waals surface area contributed by atoms with Gasteiger partial charge in [-0.1, -0.05) is 31.4 Å². The molecule has 0 heterocycles. The van der Waals surface area contributed by atoms with Crippen LogP contribution in [-0.2, 0) is 25.5 Å². The molecule has 2 N–H and O–H groups in total. The molecule has 6 heteroatoms. The Morgan fingerprint density at radius 3 is 2.36 bits per heavy atom. The molecule has 2 rings (SSSR count). The molecule has 25 heavy (non-hydrogen) atoms. The molecule has 0 radical (unpaired) electrons. The Morgan fingerprint density at radius 2 is 1.76 bits per heavy atom. The Balaban J connectivity index is 1.78. The third-order valence-corrected chi connectivity index (χ3v) is 4.25. The van der Waals surface area contributed by atoms with E-state index in [1.807, 2.05) is 0 Å². The fourth-order valence-corrected chi connectivity index (χ4v) is 2.93. The van der Waals surface area contributed by atoms with Gasteiger partial charge in [-0.2, -0.15) is 0 Å². The highest BCUT2D eigenvalue weighted by molar-refractivity contribution is 5.88. The summed E-state index contributed by atoms with van der Waals surface area (Å²) in [6, 6.07) is 7.15. The summed E-state index contributed by atoms with van der Waals surface area (Å²) in [6.45, 7) is 3.03. The molecule has 1 fully saturated rings. The summed E-state index contributed by atoms with van der Waals surface area (Å²) in [6.07, 6.45) is 4.76. The SMILES string of the molecule is CC(=O)Nc1ccc(CC(=O)O[C@H](C)C(=O)NC2CCCCC2)cc1. The Hall–Kier alpha value is -2.37. The third-order valence-electron chi connectivity index (χ3n) is 4.25. The second-order valence-electron chi connectivity index (χ2n) is 6.53. The summed E-state index contributed by atoms with van der Waals surface area (Å²) >= 11 is 0. The summed E-state index contributed by atoms with van der Waals surface area (Å²) in [4.78, 5) is 35.1. The minimum absolute atomic E-state index is 0.0847. The topological polar surface area (TPSA) is 84.5 Å². The summed E-state index contributed by atoms with van der Waals surface area (Å²) in [5, 5.41) is 5.62. The van der Waals surface area contributed by atoms with Gasteiger partial charge in [0.15, 0.2) is 6.10 Å². The summed E-state index contributed by atoms with van der Waals surface area (Å²) in [5.41, 5.74) is 1.43. The van der Waals surface area contributed by atoms with Crippen LogP contribution < -0.4 is 10.6 Å². The van der Waals surface area contributed by atoms with Crippen molar-refractivity contribution < 1.29 is 19.1 Å². The van der Waals surface area contributed by atoms with Gasteiger partial charge in [-0.15, -0.1) is 0 Å². The van der Waals surface area contributed by atoms with Gasteiger partial charge in [-0.05, 0) is 37.5 Å². The smallest absolute Gasteiger partial charge is 0.311 e. The van der Waals surface area contributed by atoms with Crippen molar-refractivity contribution in [3.05, 3.63) is 29.8 Å². The van der Waals surface area contributed by atoms with Crippen molar-refractivity contribution in [2.75, 3.05) is 5.32 Å². The highest BCUT2D eigenvalue weighted by Crippen LogP contribution is 2.17. The number of hydrogen-bond acceptors (Lipinski definition) is 4. The summed E-state index contributed by atoms with van der Waals surface area (Å²) in [5.74, 6) is -0.829. The van der Waals surface area contributed by atoms with E-state index in [2.05, 4.69) is 10.6 Å². The fourth-order valence-electron chi connectivity index (χ4n) is 2.93. The average Bonchev–Trinajstić information content (AvgIpc) is 2.57. The Bertz CT molecular complexity index is 606. The van der Waals surface area contributed by atoms with E-state index in [1.54, 1.807) is 31.2 Å². The van der Waals surface area contributed by atoms with Crippen LogP contribution in [0.4, 0.5) is 5.69 Å². The molecule has 1 aliphatic rings. The van der Waals surface area contributed by atoms with Crippen molar-refractivity contribution in [3.63, 3.8) is 0 Å². The second-order valence-corrected chi connectivity index (χ2v) is 6.53. The summed E-state index contributed by atoms with van der Waals surface area (Å²) in [7, 11) is 0. The lowest BCUT2D eigenvalue weighted by Gasteiger charge is -2.24. The highest BCUT2D eigenvalue weighted by atomic mass is 16.5. The van der Waals surface area contributed by atoms with Crippen LogP contribution in [0.15, 0.2) is 24.3 Å².